The molecule has 0 saturated heterocycles. The molecule has 3 nitrogen and oxygen atoms in total. The summed E-state index contributed by atoms with van der Waals surface area (Å²) in [5.74, 6) is -0.178. The number of benzene rings is 1. The lowest BCUT2D eigenvalue weighted by Crippen LogP contribution is -2.14. The highest BCUT2D eigenvalue weighted by atomic mass is 19.1. The van der Waals surface area contributed by atoms with Gasteiger partial charge in [-0.15, -0.1) is 0 Å². The van der Waals surface area contributed by atoms with Gasteiger partial charge < -0.3 is 10.2 Å². The number of aliphatic hydroxyl groups is 2. The van der Waals surface area contributed by atoms with Gasteiger partial charge in [0.05, 0.1) is 18.4 Å². The van der Waals surface area contributed by atoms with Gasteiger partial charge in [0.15, 0.2) is 0 Å². The first-order valence-electron chi connectivity index (χ1n) is 10.0. The van der Waals surface area contributed by atoms with E-state index in [1.54, 1.807) is 12.1 Å². The van der Waals surface area contributed by atoms with Crippen molar-refractivity contribution < 1.29 is 14.6 Å². The van der Waals surface area contributed by atoms with Gasteiger partial charge in [0.2, 0.25) is 0 Å². The molecular weight excluding hydrogens is 341 g/mol. The highest BCUT2D eigenvalue weighted by Crippen LogP contribution is 2.37. The maximum absolute atomic E-state index is 13.5. The van der Waals surface area contributed by atoms with Crippen molar-refractivity contribution in [2.75, 3.05) is 0 Å². The normalized spacial score (nSPS) is 12.6. The molecular formula is C23H32FNO2. The third-order valence-corrected chi connectivity index (χ3v) is 5.03. The molecule has 1 atom stereocenters. The van der Waals surface area contributed by atoms with E-state index in [-0.39, 0.29) is 18.3 Å². The van der Waals surface area contributed by atoms with Crippen LogP contribution in [0.1, 0.15) is 87.9 Å². The van der Waals surface area contributed by atoms with Gasteiger partial charge in [0.25, 0.3) is 0 Å². The molecule has 2 N–H and O–H groups in total. The molecule has 1 aromatic heterocycles. The minimum atomic E-state index is -0.647. The third-order valence-electron chi connectivity index (χ3n) is 5.03. The molecule has 0 saturated carbocycles. The zero-order chi connectivity index (χ0) is 20.0. The summed E-state index contributed by atoms with van der Waals surface area (Å²) in [6, 6.07) is 6.38. The Hall–Kier alpha value is -1.78. The fourth-order valence-electron chi connectivity index (χ4n) is 3.58. The van der Waals surface area contributed by atoms with E-state index in [0.29, 0.717) is 12.1 Å². The highest BCUT2D eigenvalue weighted by molar-refractivity contribution is 5.73. The first-order chi connectivity index (χ1) is 12.9. The minimum absolute atomic E-state index is 0.110. The fraction of sp³-hybridized carbons (Fsp3) is 0.522. The van der Waals surface area contributed by atoms with Gasteiger partial charge >= 0.3 is 0 Å². The molecule has 0 aliphatic heterocycles. The van der Waals surface area contributed by atoms with Crippen LogP contribution in [-0.2, 0) is 13.0 Å². The number of pyridine rings is 1. The summed E-state index contributed by atoms with van der Waals surface area (Å²) in [6.45, 7) is 8.04. The SMILES string of the molecule is CCCCCc1c(C(O)CC)nc(C(C)C)c(CO)c1-c1ccc(F)cc1. The molecule has 27 heavy (non-hydrogen) atoms. The summed E-state index contributed by atoms with van der Waals surface area (Å²) >= 11 is 0. The Kier molecular flexibility index (Phi) is 7.93. The molecule has 0 fully saturated rings. The van der Waals surface area contributed by atoms with Gasteiger partial charge in [-0.25, -0.2) is 4.39 Å². The van der Waals surface area contributed by atoms with Crippen LogP contribution in [-0.4, -0.2) is 15.2 Å². The smallest absolute Gasteiger partial charge is 0.123 e. The molecule has 0 spiro atoms. The van der Waals surface area contributed by atoms with E-state index in [2.05, 4.69) is 6.92 Å². The Morgan fingerprint density at radius 3 is 2.19 bits per heavy atom. The summed E-state index contributed by atoms with van der Waals surface area (Å²) in [7, 11) is 0. The Bertz CT molecular complexity index is 741. The Balaban J connectivity index is 2.79. The summed E-state index contributed by atoms with van der Waals surface area (Å²) < 4.78 is 13.5. The molecule has 1 aromatic carbocycles. The first kappa shape index (κ1) is 21.5. The number of aromatic nitrogens is 1. The van der Waals surface area contributed by atoms with E-state index in [1.807, 2.05) is 20.8 Å². The second-order valence-corrected chi connectivity index (χ2v) is 7.42. The predicted molar refractivity (Wildman–Crippen MR) is 108 cm³/mol. The standard InChI is InChI=1S/C23H32FNO2/c1-5-7-8-9-18-21(16-10-12-17(24)13-11-16)19(14-26)22(15(3)4)25-23(18)20(27)6-2/h10-13,15,20,26-27H,5-9,14H2,1-4H3. The largest absolute Gasteiger partial charge is 0.392 e. The minimum Gasteiger partial charge on any atom is -0.392 e. The van der Waals surface area contributed by atoms with Crippen molar-refractivity contribution in [3.8, 4) is 11.1 Å². The topological polar surface area (TPSA) is 53.4 Å². The van der Waals surface area contributed by atoms with Crippen molar-refractivity contribution >= 4 is 0 Å². The van der Waals surface area contributed by atoms with Gasteiger partial charge in [-0.2, -0.15) is 0 Å². The van der Waals surface area contributed by atoms with Crippen LogP contribution >= 0.6 is 0 Å². The van der Waals surface area contributed by atoms with Crippen molar-refractivity contribution in [3.63, 3.8) is 0 Å². The van der Waals surface area contributed by atoms with Crippen LogP contribution in [0.3, 0.4) is 0 Å². The Morgan fingerprint density at radius 1 is 1.00 bits per heavy atom. The summed E-state index contributed by atoms with van der Waals surface area (Å²) in [6.07, 6.45) is 3.89. The van der Waals surface area contributed by atoms with Crippen LogP contribution in [0.25, 0.3) is 11.1 Å². The molecule has 1 heterocycles. The van der Waals surface area contributed by atoms with Crippen molar-refractivity contribution in [2.45, 2.75) is 78.4 Å². The second-order valence-electron chi connectivity index (χ2n) is 7.42. The number of aliphatic hydroxyl groups excluding tert-OH is 2. The third kappa shape index (κ3) is 4.94. The van der Waals surface area contributed by atoms with E-state index in [4.69, 9.17) is 4.98 Å². The molecule has 2 rings (SSSR count). The molecule has 1 unspecified atom stereocenters. The van der Waals surface area contributed by atoms with Gasteiger partial charge in [0, 0.05) is 11.3 Å². The fourth-order valence-corrected chi connectivity index (χ4v) is 3.58. The van der Waals surface area contributed by atoms with E-state index in [1.165, 1.54) is 12.1 Å². The lowest BCUT2D eigenvalue weighted by atomic mass is 9.86. The molecule has 148 valence electrons. The molecule has 0 bridgehead atoms. The Morgan fingerprint density at radius 2 is 1.67 bits per heavy atom. The number of rotatable bonds is 9. The monoisotopic (exact) mass is 373 g/mol. The van der Waals surface area contributed by atoms with Crippen LogP contribution in [0.15, 0.2) is 24.3 Å². The molecule has 0 aliphatic carbocycles. The van der Waals surface area contributed by atoms with Crippen LogP contribution in [0, 0.1) is 5.82 Å². The number of hydrogen-bond acceptors (Lipinski definition) is 3. The zero-order valence-corrected chi connectivity index (χ0v) is 16.9. The highest BCUT2D eigenvalue weighted by Gasteiger charge is 2.24. The molecule has 4 heteroatoms. The molecule has 0 amide bonds. The van der Waals surface area contributed by atoms with Crippen LogP contribution in [0.4, 0.5) is 4.39 Å². The van der Waals surface area contributed by atoms with Gasteiger partial charge in [-0.05, 0) is 54.0 Å². The number of nitrogens with zero attached hydrogens (tertiary/aromatic N) is 1. The first-order valence-corrected chi connectivity index (χ1v) is 10.0. The number of hydrogen-bond donors (Lipinski definition) is 2. The maximum Gasteiger partial charge on any atom is 0.123 e. The summed E-state index contributed by atoms with van der Waals surface area (Å²) in [5.41, 5.74) is 5.05. The van der Waals surface area contributed by atoms with E-state index in [0.717, 1.165) is 53.6 Å². The van der Waals surface area contributed by atoms with Gasteiger partial charge in [-0.1, -0.05) is 52.7 Å². The number of halogens is 1. The summed E-state index contributed by atoms with van der Waals surface area (Å²) in [5, 5.41) is 20.8. The second kappa shape index (κ2) is 9.95. The molecule has 0 radical (unpaired) electrons. The molecule has 2 aromatic rings. The van der Waals surface area contributed by atoms with Crippen LogP contribution in [0.5, 0.6) is 0 Å². The van der Waals surface area contributed by atoms with Crippen LogP contribution in [0.2, 0.25) is 0 Å². The average Bonchev–Trinajstić information content (AvgIpc) is 2.67. The van der Waals surface area contributed by atoms with E-state index >= 15 is 0 Å². The van der Waals surface area contributed by atoms with Gasteiger partial charge in [-0.3, -0.25) is 4.98 Å². The van der Waals surface area contributed by atoms with E-state index < -0.39 is 6.10 Å². The average molecular weight is 374 g/mol. The quantitative estimate of drug-likeness (QED) is 0.556. The maximum atomic E-state index is 13.5. The van der Waals surface area contributed by atoms with Crippen molar-refractivity contribution in [2.24, 2.45) is 0 Å². The molecule has 0 aliphatic rings. The van der Waals surface area contributed by atoms with Crippen LogP contribution < -0.4 is 0 Å². The van der Waals surface area contributed by atoms with Crippen molar-refractivity contribution in [1.82, 2.24) is 4.98 Å². The predicted octanol–water partition coefficient (Wildman–Crippen LogP) is 5.68. The zero-order valence-electron chi connectivity index (χ0n) is 16.9. The lowest BCUT2D eigenvalue weighted by Gasteiger charge is -2.24. The van der Waals surface area contributed by atoms with Crippen molar-refractivity contribution in [3.05, 3.63) is 52.6 Å². The van der Waals surface area contributed by atoms with Crippen molar-refractivity contribution in [1.29, 1.82) is 0 Å². The van der Waals surface area contributed by atoms with E-state index in [9.17, 15) is 14.6 Å². The van der Waals surface area contributed by atoms with Gasteiger partial charge in [0.1, 0.15) is 5.82 Å². The Labute approximate surface area is 162 Å². The number of unbranched alkanes of at least 4 members (excludes halogenated alkanes) is 2. The lowest BCUT2D eigenvalue weighted by molar-refractivity contribution is 0.167. The summed E-state index contributed by atoms with van der Waals surface area (Å²) in [4.78, 5) is 4.81.